The van der Waals surface area contributed by atoms with E-state index >= 15 is 0 Å². The topological polar surface area (TPSA) is 66.4 Å². The van der Waals surface area contributed by atoms with Crippen LogP contribution >= 0.6 is 0 Å². The van der Waals surface area contributed by atoms with Crippen LogP contribution in [0.2, 0.25) is 0 Å². The van der Waals surface area contributed by atoms with Gasteiger partial charge in [-0.05, 0) is 12.3 Å². The van der Waals surface area contributed by atoms with Crippen LogP contribution < -0.4 is 5.32 Å². The monoisotopic (exact) mass is 379 g/mol. The Balaban J connectivity index is 0. The van der Waals surface area contributed by atoms with E-state index in [9.17, 15) is 14.7 Å². The van der Waals surface area contributed by atoms with E-state index in [1.807, 2.05) is 13.8 Å². The minimum atomic E-state index is -0.933. The molecule has 5 heteroatoms. The van der Waals surface area contributed by atoms with Gasteiger partial charge in [0.2, 0.25) is 5.91 Å². The molecule has 0 saturated heterocycles. The fourth-order valence-corrected chi connectivity index (χ4v) is 3.06. The number of carboxylic acids is 1. The summed E-state index contributed by atoms with van der Waals surface area (Å²) in [7, 11) is 0. The van der Waals surface area contributed by atoms with E-state index < -0.39 is 12.0 Å². The van der Waals surface area contributed by atoms with E-state index in [4.69, 9.17) is 0 Å². The molecule has 0 aromatic carbocycles. The number of hydrogen-bond acceptors (Lipinski definition) is 2. The number of rotatable bonds is 17. The van der Waals surface area contributed by atoms with Crippen molar-refractivity contribution in [1.29, 1.82) is 0 Å². The third-order valence-electron chi connectivity index (χ3n) is 5.05. The molecule has 2 N–H and O–H groups in total. The molecule has 0 rings (SSSR count). The molecule has 0 aromatic rings. The zero-order chi connectivity index (χ0) is 18.9. The molecule has 0 heterocycles. The van der Waals surface area contributed by atoms with Crippen molar-refractivity contribution in [2.24, 2.45) is 5.92 Å². The first-order valence-corrected chi connectivity index (χ1v) is 10.5. The molecule has 0 radical (unpaired) electrons. The fraction of sp³-hybridized carbons (Fsp3) is 0.905. The first kappa shape index (κ1) is 28.2. The molecule has 0 aliphatic rings. The van der Waals surface area contributed by atoms with Crippen LogP contribution in [0.4, 0.5) is 0 Å². The van der Waals surface area contributed by atoms with E-state index in [2.05, 4.69) is 12.2 Å². The average molecular weight is 380 g/mol. The molecule has 0 aliphatic carbocycles. The second kappa shape index (κ2) is 19.7. The molecule has 0 saturated carbocycles. The normalized spacial score (nSPS) is 12.9. The third-order valence-corrected chi connectivity index (χ3v) is 5.05. The Bertz CT molecular complexity index is 350. The average Bonchev–Trinajstić information content (AvgIpc) is 2.59. The Morgan fingerprint density at radius 1 is 0.808 bits per heavy atom. The summed E-state index contributed by atoms with van der Waals surface area (Å²) in [6, 6.07) is -0.755. The summed E-state index contributed by atoms with van der Waals surface area (Å²) in [6.45, 7) is 6.06. The molecular formula is C21H42NNaO3. The summed E-state index contributed by atoms with van der Waals surface area (Å²) in [5.41, 5.74) is 0. The molecule has 0 spiro atoms. The molecule has 26 heavy (non-hydrogen) atoms. The van der Waals surface area contributed by atoms with Gasteiger partial charge < -0.3 is 10.4 Å². The van der Waals surface area contributed by atoms with Crippen molar-refractivity contribution in [3.8, 4) is 0 Å². The zero-order valence-electron chi connectivity index (χ0n) is 16.8. The van der Waals surface area contributed by atoms with E-state index in [0.29, 0.717) is 6.42 Å². The molecule has 2 atom stereocenters. The van der Waals surface area contributed by atoms with Gasteiger partial charge in [0.25, 0.3) is 0 Å². The van der Waals surface area contributed by atoms with Crippen LogP contribution in [0.25, 0.3) is 0 Å². The van der Waals surface area contributed by atoms with Crippen LogP contribution in [0.5, 0.6) is 0 Å². The quantitative estimate of drug-likeness (QED) is 0.275. The predicted octanol–water partition coefficient (Wildman–Crippen LogP) is 5.04. The van der Waals surface area contributed by atoms with Crippen molar-refractivity contribution < 1.29 is 14.7 Å². The third kappa shape index (κ3) is 16.1. The van der Waals surface area contributed by atoms with Crippen molar-refractivity contribution in [3.63, 3.8) is 0 Å². The van der Waals surface area contributed by atoms with Crippen LogP contribution in [0.15, 0.2) is 0 Å². The van der Waals surface area contributed by atoms with Crippen LogP contribution in [0.3, 0.4) is 0 Å². The Morgan fingerprint density at radius 3 is 1.62 bits per heavy atom. The van der Waals surface area contributed by atoms with Crippen molar-refractivity contribution in [3.05, 3.63) is 0 Å². The van der Waals surface area contributed by atoms with E-state index in [0.717, 1.165) is 19.3 Å². The van der Waals surface area contributed by atoms with Gasteiger partial charge in [-0.25, -0.2) is 4.79 Å². The predicted molar refractivity (Wildman–Crippen MR) is 112 cm³/mol. The SMILES string of the molecule is CCCCCCCCCCCCCCC(=O)N[C@H](C(=O)O)[C@@H](C)CC.[NaH]. The number of carbonyl (C=O) groups is 2. The van der Waals surface area contributed by atoms with Gasteiger partial charge in [-0.15, -0.1) is 0 Å². The molecule has 1 amide bonds. The van der Waals surface area contributed by atoms with E-state index in [1.54, 1.807) is 0 Å². The number of unbranched alkanes of at least 4 members (excludes halogenated alkanes) is 11. The van der Waals surface area contributed by atoms with Gasteiger partial charge >= 0.3 is 35.5 Å². The summed E-state index contributed by atoms with van der Waals surface area (Å²) >= 11 is 0. The number of amides is 1. The Kier molecular flexibility index (Phi) is 21.3. The van der Waals surface area contributed by atoms with Gasteiger partial charge in [-0.2, -0.15) is 0 Å². The first-order chi connectivity index (χ1) is 12.0. The fourth-order valence-electron chi connectivity index (χ4n) is 3.06. The molecule has 0 fully saturated rings. The first-order valence-electron chi connectivity index (χ1n) is 10.5. The second-order valence-corrected chi connectivity index (χ2v) is 7.41. The van der Waals surface area contributed by atoms with Gasteiger partial charge in [0.05, 0.1) is 0 Å². The maximum atomic E-state index is 11.9. The molecule has 4 nitrogen and oxygen atoms in total. The van der Waals surface area contributed by atoms with Crippen molar-refractivity contribution in [1.82, 2.24) is 5.32 Å². The summed E-state index contributed by atoms with van der Waals surface area (Å²) in [4.78, 5) is 23.1. The van der Waals surface area contributed by atoms with Crippen LogP contribution in [0.1, 0.15) is 111 Å². The maximum absolute atomic E-state index is 11.9. The van der Waals surface area contributed by atoms with Gasteiger partial charge in [-0.1, -0.05) is 97.8 Å². The van der Waals surface area contributed by atoms with Crippen LogP contribution in [0, 0.1) is 5.92 Å². The van der Waals surface area contributed by atoms with Crippen molar-refractivity contribution in [2.75, 3.05) is 0 Å². The van der Waals surface area contributed by atoms with Gasteiger partial charge in [0, 0.05) is 6.42 Å². The molecular weight excluding hydrogens is 337 g/mol. The zero-order valence-corrected chi connectivity index (χ0v) is 16.8. The second-order valence-electron chi connectivity index (χ2n) is 7.41. The van der Waals surface area contributed by atoms with Crippen LogP contribution in [-0.2, 0) is 9.59 Å². The Hall–Kier alpha value is -0.0600. The molecule has 150 valence electrons. The standard InChI is InChI=1S/C21H41NO3.Na.H/c1-4-6-7-8-9-10-11-12-13-14-15-16-17-19(23)22-20(21(24)25)18(3)5-2;;/h18,20H,4-17H2,1-3H3,(H,22,23)(H,24,25);;/t18-,20-;;/m0../s1. The summed E-state index contributed by atoms with van der Waals surface area (Å²) in [5.74, 6) is -1.10. The summed E-state index contributed by atoms with van der Waals surface area (Å²) in [6.07, 6.45) is 16.4. The van der Waals surface area contributed by atoms with Crippen LogP contribution in [-0.4, -0.2) is 52.6 Å². The van der Waals surface area contributed by atoms with E-state index in [-0.39, 0.29) is 41.4 Å². The number of carbonyl (C=O) groups excluding carboxylic acids is 1. The molecule has 0 aromatic heterocycles. The Labute approximate surface area is 183 Å². The minimum absolute atomic E-state index is 0. The van der Waals surface area contributed by atoms with Gasteiger partial charge in [-0.3, -0.25) is 4.79 Å². The summed E-state index contributed by atoms with van der Waals surface area (Å²) < 4.78 is 0. The molecule has 0 unspecified atom stereocenters. The number of hydrogen-bond donors (Lipinski definition) is 2. The van der Waals surface area contributed by atoms with E-state index in [1.165, 1.54) is 64.2 Å². The Morgan fingerprint density at radius 2 is 1.23 bits per heavy atom. The van der Waals surface area contributed by atoms with Gasteiger partial charge in [0.15, 0.2) is 0 Å². The number of aliphatic carboxylic acids is 1. The van der Waals surface area contributed by atoms with Gasteiger partial charge in [0.1, 0.15) is 6.04 Å². The molecule has 0 aliphatic heterocycles. The number of carboxylic acid groups (broad SMARTS) is 1. The van der Waals surface area contributed by atoms with Crippen molar-refractivity contribution in [2.45, 2.75) is 117 Å². The van der Waals surface area contributed by atoms with Crippen molar-refractivity contribution >= 4 is 41.4 Å². The summed E-state index contributed by atoms with van der Waals surface area (Å²) in [5, 5.41) is 11.9. The molecule has 0 bridgehead atoms. The number of nitrogens with one attached hydrogen (secondary N) is 1.